The minimum Gasteiger partial charge on any atom is -0.355 e. The van der Waals surface area contributed by atoms with Gasteiger partial charge in [-0.15, -0.1) is 11.8 Å². The maximum absolute atomic E-state index is 11.8. The highest BCUT2D eigenvalue weighted by Gasteiger charge is 2.14. The highest BCUT2D eigenvalue weighted by atomic mass is 32.2. The van der Waals surface area contributed by atoms with E-state index in [-0.39, 0.29) is 11.8 Å². The number of thioether (sulfide) groups is 1. The van der Waals surface area contributed by atoms with Crippen LogP contribution in [-0.2, 0) is 4.79 Å². The van der Waals surface area contributed by atoms with E-state index in [0.29, 0.717) is 13.1 Å². The van der Waals surface area contributed by atoms with Crippen LogP contribution in [0.4, 0.5) is 0 Å². The molecular weight excluding hydrogens is 244 g/mol. The third-order valence-corrected chi connectivity index (χ3v) is 3.72. The molecule has 0 spiro atoms. The minimum atomic E-state index is -0.0308. The lowest BCUT2D eigenvalue weighted by Gasteiger charge is -2.13. The largest absolute Gasteiger partial charge is 0.355 e. The van der Waals surface area contributed by atoms with Crippen molar-refractivity contribution in [1.82, 2.24) is 5.32 Å². The van der Waals surface area contributed by atoms with Crippen LogP contribution < -0.4 is 11.1 Å². The number of benzene rings is 1. The highest BCUT2D eigenvalue weighted by molar-refractivity contribution is 7.99. The average Bonchev–Trinajstić information content (AvgIpc) is 2.42. The summed E-state index contributed by atoms with van der Waals surface area (Å²) in [7, 11) is 0. The van der Waals surface area contributed by atoms with E-state index in [0.717, 1.165) is 18.6 Å². The predicted molar refractivity (Wildman–Crippen MR) is 77.6 cm³/mol. The van der Waals surface area contributed by atoms with Crippen molar-refractivity contribution in [3.8, 4) is 0 Å². The second kappa shape index (κ2) is 9.00. The first kappa shape index (κ1) is 15.1. The average molecular weight is 266 g/mol. The quantitative estimate of drug-likeness (QED) is 0.560. The molecule has 100 valence electrons. The van der Waals surface area contributed by atoms with E-state index < -0.39 is 0 Å². The van der Waals surface area contributed by atoms with Crippen molar-refractivity contribution in [3.05, 3.63) is 30.3 Å². The Bertz CT molecular complexity index is 343. The van der Waals surface area contributed by atoms with E-state index in [4.69, 9.17) is 5.73 Å². The molecule has 0 aromatic heterocycles. The van der Waals surface area contributed by atoms with E-state index in [9.17, 15) is 4.79 Å². The molecule has 1 amide bonds. The first-order valence-electron chi connectivity index (χ1n) is 6.43. The van der Waals surface area contributed by atoms with Crippen molar-refractivity contribution >= 4 is 17.7 Å². The summed E-state index contributed by atoms with van der Waals surface area (Å²) in [6, 6.07) is 10.2. The number of amides is 1. The number of carbonyl (C=O) groups is 1. The third-order valence-electron chi connectivity index (χ3n) is 2.71. The zero-order valence-electron chi connectivity index (χ0n) is 10.9. The Balaban J connectivity index is 2.19. The molecule has 0 bridgehead atoms. The maximum atomic E-state index is 11.8. The normalized spacial score (nSPS) is 12.1. The second-order valence-electron chi connectivity index (χ2n) is 4.17. The van der Waals surface area contributed by atoms with E-state index in [1.807, 2.05) is 18.2 Å². The summed E-state index contributed by atoms with van der Waals surface area (Å²) >= 11 is 1.75. The molecule has 3 nitrogen and oxygen atoms in total. The van der Waals surface area contributed by atoms with Gasteiger partial charge in [-0.3, -0.25) is 4.79 Å². The molecule has 0 aliphatic carbocycles. The van der Waals surface area contributed by atoms with Gasteiger partial charge in [-0.25, -0.2) is 0 Å². The summed E-state index contributed by atoms with van der Waals surface area (Å²) in [6.07, 6.45) is 1.86. The Morgan fingerprint density at radius 1 is 1.39 bits per heavy atom. The molecule has 1 aromatic rings. The van der Waals surface area contributed by atoms with E-state index in [2.05, 4.69) is 24.4 Å². The van der Waals surface area contributed by atoms with Crippen LogP contribution in [0, 0.1) is 5.92 Å². The molecule has 0 saturated carbocycles. The van der Waals surface area contributed by atoms with Crippen molar-refractivity contribution in [2.75, 3.05) is 18.8 Å². The lowest BCUT2D eigenvalue weighted by molar-refractivity contribution is -0.124. The van der Waals surface area contributed by atoms with Gasteiger partial charge in [0.25, 0.3) is 0 Å². The molecule has 1 unspecified atom stereocenters. The fourth-order valence-electron chi connectivity index (χ4n) is 1.71. The lowest BCUT2D eigenvalue weighted by atomic mass is 10.0. The first-order chi connectivity index (χ1) is 8.77. The van der Waals surface area contributed by atoms with Crippen LogP contribution in [0.15, 0.2) is 35.2 Å². The fraction of sp³-hybridized carbons (Fsp3) is 0.500. The molecule has 0 aliphatic rings. The zero-order chi connectivity index (χ0) is 13.2. The molecular formula is C14H22N2OS. The molecule has 0 radical (unpaired) electrons. The zero-order valence-corrected chi connectivity index (χ0v) is 11.7. The van der Waals surface area contributed by atoms with Gasteiger partial charge in [-0.05, 0) is 18.6 Å². The molecule has 1 aromatic carbocycles. The van der Waals surface area contributed by atoms with Gasteiger partial charge in [0.1, 0.15) is 0 Å². The molecule has 18 heavy (non-hydrogen) atoms. The molecule has 0 fully saturated rings. The minimum absolute atomic E-state index is 0.0308. The standard InChI is InChI=1S/C14H22N2OS/c1-2-6-12(11-15)14(17)16-9-10-18-13-7-4-3-5-8-13/h3-5,7-8,12H,2,6,9-11,15H2,1H3,(H,16,17). The first-order valence-corrected chi connectivity index (χ1v) is 7.42. The van der Waals surface area contributed by atoms with Gasteiger partial charge in [-0.1, -0.05) is 31.5 Å². The van der Waals surface area contributed by atoms with Crippen LogP contribution in [0.25, 0.3) is 0 Å². The predicted octanol–water partition coefficient (Wildman–Crippen LogP) is 2.27. The SMILES string of the molecule is CCCC(CN)C(=O)NCCSc1ccccc1. The van der Waals surface area contributed by atoms with Crippen molar-refractivity contribution in [3.63, 3.8) is 0 Å². The molecule has 1 atom stereocenters. The van der Waals surface area contributed by atoms with Gasteiger partial charge >= 0.3 is 0 Å². The molecule has 0 heterocycles. The van der Waals surface area contributed by atoms with Gasteiger partial charge < -0.3 is 11.1 Å². The number of carbonyl (C=O) groups excluding carboxylic acids is 1. The lowest BCUT2D eigenvalue weighted by Crippen LogP contribution is -2.36. The highest BCUT2D eigenvalue weighted by Crippen LogP contribution is 2.15. The van der Waals surface area contributed by atoms with Crippen molar-refractivity contribution in [2.24, 2.45) is 11.7 Å². The molecule has 1 rings (SSSR count). The van der Waals surface area contributed by atoms with Gasteiger partial charge in [0, 0.05) is 23.7 Å². The molecule has 4 heteroatoms. The van der Waals surface area contributed by atoms with Crippen LogP contribution in [0.1, 0.15) is 19.8 Å². The van der Waals surface area contributed by atoms with Crippen molar-refractivity contribution in [1.29, 1.82) is 0 Å². The molecule has 3 N–H and O–H groups in total. The Kier molecular flexibility index (Phi) is 7.53. The van der Waals surface area contributed by atoms with Gasteiger partial charge in [-0.2, -0.15) is 0 Å². The van der Waals surface area contributed by atoms with E-state index in [1.165, 1.54) is 4.90 Å². The van der Waals surface area contributed by atoms with Crippen LogP contribution in [0.2, 0.25) is 0 Å². The Hall–Kier alpha value is -1.00. The van der Waals surface area contributed by atoms with Gasteiger partial charge in [0.2, 0.25) is 5.91 Å². The number of nitrogens with one attached hydrogen (secondary N) is 1. The van der Waals surface area contributed by atoms with E-state index >= 15 is 0 Å². The van der Waals surface area contributed by atoms with Gasteiger partial charge in [0.15, 0.2) is 0 Å². The summed E-state index contributed by atoms with van der Waals surface area (Å²) in [4.78, 5) is 13.0. The Morgan fingerprint density at radius 3 is 2.72 bits per heavy atom. The third kappa shape index (κ3) is 5.56. The summed E-state index contributed by atoms with van der Waals surface area (Å²) in [5.74, 6) is 0.948. The number of hydrogen-bond donors (Lipinski definition) is 2. The monoisotopic (exact) mass is 266 g/mol. The van der Waals surface area contributed by atoms with E-state index in [1.54, 1.807) is 11.8 Å². The summed E-state index contributed by atoms with van der Waals surface area (Å²) in [5.41, 5.74) is 5.59. The summed E-state index contributed by atoms with van der Waals surface area (Å²) in [5, 5.41) is 2.95. The van der Waals surface area contributed by atoms with Crippen molar-refractivity contribution in [2.45, 2.75) is 24.7 Å². The molecule has 0 saturated heterocycles. The number of rotatable bonds is 8. The summed E-state index contributed by atoms with van der Waals surface area (Å²) < 4.78 is 0. The second-order valence-corrected chi connectivity index (χ2v) is 5.34. The van der Waals surface area contributed by atoms with Gasteiger partial charge in [0.05, 0.1) is 5.92 Å². The topological polar surface area (TPSA) is 55.1 Å². The summed E-state index contributed by atoms with van der Waals surface area (Å²) in [6.45, 7) is 3.20. The maximum Gasteiger partial charge on any atom is 0.224 e. The number of hydrogen-bond acceptors (Lipinski definition) is 3. The van der Waals surface area contributed by atoms with Crippen LogP contribution in [0.5, 0.6) is 0 Å². The van der Waals surface area contributed by atoms with Crippen LogP contribution in [-0.4, -0.2) is 24.7 Å². The Labute approximate surface area is 114 Å². The smallest absolute Gasteiger partial charge is 0.224 e. The fourth-order valence-corrected chi connectivity index (χ4v) is 2.50. The molecule has 0 aliphatic heterocycles. The number of nitrogens with two attached hydrogens (primary N) is 1. The van der Waals surface area contributed by atoms with Crippen molar-refractivity contribution < 1.29 is 4.79 Å². The Morgan fingerprint density at radius 2 is 2.11 bits per heavy atom. The van der Waals surface area contributed by atoms with Crippen LogP contribution in [0.3, 0.4) is 0 Å². The van der Waals surface area contributed by atoms with Crippen LogP contribution >= 0.6 is 11.8 Å².